The number of aromatic nitrogens is 11. The lowest BCUT2D eigenvalue weighted by molar-refractivity contribution is 0.668. The van der Waals surface area contributed by atoms with Gasteiger partial charge in [0, 0.05) is 150 Å². The van der Waals surface area contributed by atoms with E-state index in [9.17, 15) is 0 Å². The van der Waals surface area contributed by atoms with Crippen LogP contribution in [0.3, 0.4) is 0 Å². The number of hydrogen-bond donors (Lipinski definition) is 0. The van der Waals surface area contributed by atoms with Crippen LogP contribution in [0.5, 0.6) is 0 Å². The monoisotopic (exact) mass is 1690 g/mol. The Hall–Kier alpha value is -16.1. The van der Waals surface area contributed by atoms with Crippen molar-refractivity contribution < 1.29 is 8.83 Å². The lowest BCUT2D eigenvalue weighted by atomic mass is 9.95. The Labute approximate surface area is 743 Å². The predicted octanol–water partition coefficient (Wildman–Crippen LogP) is 29.0. The van der Waals surface area contributed by atoms with Gasteiger partial charge in [-0.1, -0.05) is 224 Å². The number of fused-ring (bicyclic) bond motifs is 24. The van der Waals surface area contributed by atoms with Crippen LogP contribution in [0.25, 0.3) is 239 Å². The van der Waals surface area contributed by atoms with Gasteiger partial charge >= 0.3 is 0 Å². The van der Waals surface area contributed by atoms with Crippen molar-refractivity contribution >= 4 is 139 Å². The molecule has 0 bridgehead atoms. The van der Waals surface area contributed by atoms with Crippen LogP contribution >= 0.6 is 34.0 Å². The average Bonchev–Trinajstić information content (AvgIpc) is 1.61. The Kier molecular flexibility index (Phi) is 17.1. The second-order valence-corrected chi connectivity index (χ2v) is 35.7. The molecule has 16 heteroatoms. The summed E-state index contributed by atoms with van der Waals surface area (Å²) in [5.74, 6) is 0.738. The molecule has 598 valence electrons. The molecule has 128 heavy (non-hydrogen) atoms. The molecule has 0 saturated carbocycles. The largest absolute Gasteiger partial charge is 0.456 e. The standard InChI is InChI=1S/C45H28N4S.C34H19N3OS.C33H18N4OS/c1-2-11-28(12-3-1)45-48-41(44-43(49-45)37-21-6-7-22-39(37)50-44)35-19-10-17-32(25-35)30-15-8-14-29(23-30)31-16-9-18-34(24-31)40-38-26-33-13-4-5-20-36(33)42(38)47-27-46-40;1-2-6-22-19(5-1)16-27-31(36-18-37-32(22)27)21-11-13-29-26(17-21)25-15-20(10-12-28(25)38-29)23-7-3-8-24-33-30(39-34(23)24)9-4-14-35-33;1-2-5-21-18(4-1)13-26-30(35-17-36-31(21)26)20-9-11-29-25(14-20)24-12-19(8-10-28(24)38-29)22-6-3-7-23-27-15-34-16-37-33(27)39-32(22)23/h1-25,27H,26H2;1-15,17-18H,16H2;1-12,14-17H,13H2. The van der Waals surface area contributed by atoms with E-state index in [4.69, 9.17) is 33.8 Å². The number of hydrogen-bond acceptors (Lipinski definition) is 16. The number of rotatable bonds is 9. The van der Waals surface area contributed by atoms with Gasteiger partial charge < -0.3 is 8.83 Å². The third-order valence-corrected chi connectivity index (χ3v) is 28.9. The van der Waals surface area contributed by atoms with Crippen molar-refractivity contribution in [1.82, 2.24) is 54.8 Å². The van der Waals surface area contributed by atoms with Gasteiger partial charge in [0.15, 0.2) is 5.82 Å². The third-order valence-electron chi connectivity index (χ3n) is 25.3. The van der Waals surface area contributed by atoms with Crippen molar-refractivity contribution in [2.45, 2.75) is 19.3 Å². The van der Waals surface area contributed by atoms with Crippen molar-refractivity contribution in [2.75, 3.05) is 0 Å². The normalized spacial score (nSPS) is 12.3. The van der Waals surface area contributed by atoms with Gasteiger partial charge in [0.25, 0.3) is 0 Å². The highest BCUT2D eigenvalue weighted by molar-refractivity contribution is 7.27. The average molecular weight is 1690 g/mol. The first-order valence-corrected chi connectivity index (χ1v) is 45.0. The van der Waals surface area contributed by atoms with E-state index in [0.29, 0.717) is 0 Å². The fourth-order valence-electron chi connectivity index (χ4n) is 19.3. The molecule has 25 aromatic rings. The molecule has 11 aromatic heterocycles. The van der Waals surface area contributed by atoms with Gasteiger partial charge in [-0.25, -0.2) is 49.8 Å². The van der Waals surface area contributed by atoms with E-state index in [-0.39, 0.29) is 0 Å². The van der Waals surface area contributed by atoms with Gasteiger partial charge in [0.1, 0.15) is 52.5 Å². The van der Waals surface area contributed by atoms with Crippen LogP contribution in [0.4, 0.5) is 0 Å². The van der Waals surface area contributed by atoms with Crippen LogP contribution in [-0.2, 0) is 19.3 Å². The number of nitrogens with zero attached hydrogens (tertiary/aromatic N) is 11. The smallest absolute Gasteiger partial charge is 0.160 e. The summed E-state index contributed by atoms with van der Waals surface area (Å²) in [7, 11) is 0. The molecule has 0 saturated heterocycles. The van der Waals surface area contributed by atoms with E-state index in [0.717, 1.165) is 196 Å². The highest BCUT2D eigenvalue weighted by Crippen LogP contribution is 2.49. The quantitative estimate of drug-likeness (QED) is 0.134. The molecule has 0 amide bonds. The maximum atomic E-state index is 6.27. The van der Waals surface area contributed by atoms with Crippen LogP contribution in [-0.4, -0.2) is 54.8 Å². The van der Waals surface area contributed by atoms with Crippen LogP contribution in [0.15, 0.2) is 368 Å². The van der Waals surface area contributed by atoms with Crippen LogP contribution < -0.4 is 0 Å². The predicted molar refractivity (Wildman–Crippen MR) is 522 cm³/mol. The molecule has 0 aliphatic heterocycles. The Balaban J connectivity index is 0.000000103. The fraction of sp³-hybridized carbons (Fsp3) is 0.0268. The zero-order chi connectivity index (χ0) is 84.0. The molecule has 3 aliphatic carbocycles. The first-order valence-electron chi connectivity index (χ1n) is 42.5. The van der Waals surface area contributed by atoms with Crippen molar-refractivity contribution in [3.63, 3.8) is 0 Å². The van der Waals surface area contributed by atoms with Crippen molar-refractivity contribution in [3.8, 4) is 135 Å². The molecule has 0 radical (unpaired) electrons. The molecule has 11 heterocycles. The highest BCUT2D eigenvalue weighted by atomic mass is 32.1. The second-order valence-electron chi connectivity index (χ2n) is 32.6. The minimum atomic E-state index is 0.738. The first kappa shape index (κ1) is 73.4. The molecule has 0 unspecified atom stereocenters. The molecule has 14 aromatic carbocycles. The maximum Gasteiger partial charge on any atom is 0.160 e. The summed E-state index contributed by atoms with van der Waals surface area (Å²) in [5, 5.41) is 9.02. The summed E-state index contributed by atoms with van der Waals surface area (Å²) in [6.45, 7) is 0. The minimum Gasteiger partial charge on any atom is -0.456 e. The number of benzene rings is 14. The molecule has 0 fully saturated rings. The minimum absolute atomic E-state index is 0.738. The molecule has 0 spiro atoms. The van der Waals surface area contributed by atoms with Crippen molar-refractivity contribution in [3.05, 3.63) is 393 Å². The van der Waals surface area contributed by atoms with E-state index in [1.807, 2.05) is 36.7 Å². The molecule has 3 aliphatic rings. The molecular formula is C112H65N11O2S3. The van der Waals surface area contributed by atoms with Gasteiger partial charge in [-0.05, 0) is 158 Å². The summed E-state index contributed by atoms with van der Waals surface area (Å²) >= 11 is 5.27. The summed E-state index contributed by atoms with van der Waals surface area (Å²) in [6, 6.07) is 113. The zero-order valence-electron chi connectivity index (χ0n) is 68.1. The van der Waals surface area contributed by atoms with Gasteiger partial charge in [-0.2, -0.15) is 0 Å². The van der Waals surface area contributed by atoms with E-state index < -0.39 is 0 Å². The van der Waals surface area contributed by atoms with E-state index in [1.54, 1.807) is 59.3 Å². The maximum absolute atomic E-state index is 6.27. The Bertz CT molecular complexity index is 8610. The molecular weight excluding hydrogens is 1630 g/mol. The SMILES string of the molecule is c1ccc(-c2nc(-c3cccc(-c4cccc(-c5cccc(-c6ncnc7c6Cc6ccccc6-7)c5)c4)c3)c3sc4ccccc4c3n2)cc1.c1ccc2c(c1)Cc1c(-c3ccc4oc5ccc(-c6cccc7c6sc6cccnc67)cc5c4c3)ncnc1-2.c1ccc2c(c1)Cc1c(-c3ccc4oc5ccc(-c6cccc7c6sc6ncncc67)cc5c4c3)ncnc1-2. The topological polar surface area (TPSA) is 168 Å². The highest BCUT2D eigenvalue weighted by Gasteiger charge is 2.29. The summed E-state index contributed by atoms with van der Waals surface area (Å²) in [4.78, 5) is 52.9. The summed E-state index contributed by atoms with van der Waals surface area (Å²) in [6.07, 6.45) is 13.0. The lowest BCUT2D eigenvalue weighted by Crippen LogP contribution is -1.94. The third kappa shape index (κ3) is 12.3. The zero-order valence-corrected chi connectivity index (χ0v) is 70.6. The van der Waals surface area contributed by atoms with Gasteiger partial charge in [-0.3, -0.25) is 4.98 Å². The van der Waals surface area contributed by atoms with Crippen LogP contribution in [0.2, 0.25) is 0 Å². The Morgan fingerprint density at radius 3 is 1.20 bits per heavy atom. The second kappa shape index (κ2) is 29.8. The lowest BCUT2D eigenvalue weighted by Gasteiger charge is -2.11. The van der Waals surface area contributed by atoms with E-state index >= 15 is 0 Å². The van der Waals surface area contributed by atoms with E-state index in [2.05, 4.69) is 327 Å². The molecule has 0 atom stereocenters. The molecule has 0 N–H and O–H groups in total. The number of furan rings is 2. The van der Waals surface area contributed by atoms with Gasteiger partial charge in [0.05, 0.1) is 60.3 Å². The summed E-state index contributed by atoms with van der Waals surface area (Å²) < 4.78 is 18.5. The molecule has 13 nitrogen and oxygen atoms in total. The molecule has 28 rings (SSSR count). The Morgan fingerprint density at radius 2 is 0.641 bits per heavy atom. The first-order chi connectivity index (χ1) is 63.4. The van der Waals surface area contributed by atoms with E-state index in [1.165, 1.54) is 96.3 Å². The summed E-state index contributed by atoms with van der Waals surface area (Å²) in [5.41, 5.74) is 38.4. The van der Waals surface area contributed by atoms with Crippen molar-refractivity contribution in [2.24, 2.45) is 0 Å². The van der Waals surface area contributed by atoms with Gasteiger partial charge in [-0.15, -0.1) is 34.0 Å². The number of pyridine rings is 1. The fourth-order valence-corrected chi connectivity index (χ4v) is 22.8. The Morgan fingerprint density at radius 1 is 0.234 bits per heavy atom. The van der Waals surface area contributed by atoms with Crippen LogP contribution in [0, 0.1) is 0 Å². The van der Waals surface area contributed by atoms with Crippen LogP contribution in [0.1, 0.15) is 33.4 Å². The van der Waals surface area contributed by atoms with Crippen molar-refractivity contribution in [1.29, 1.82) is 0 Å². The number of thiophene rings is 3. The van der Waals surface area contributed by atoms with Gasteiger partial charge in [0.2, 0.25) is 0 Å².